The molecule has 0 spiro atoms. The van der Waals surface area contributed by atoms with E-state index in [0.717, 1.165) is 40.2 Å². The van der Waals surface area contributed by atoms with E-state index in [0.29, 0.717) is 12.4 Å². The van der Waals surface area contributed by atoms with Crippen LogP contribution in [-0.4, -0.2) is 23.7 Å². The van der Waals surface area contributed by atoms with Crippen LogP contribution in [0.1, 0.15) is 29.2 Å². The highest BCUT2D eigenvalue weighted by atomic mass is 16.5. The zero-order chi connectivity index (χ0) is 21.4. The highest BCUT2D eigenvalue weighted by Crippen LogP contribution is 2.39. The molecular weight excluding hydrogens is 386 g/mol. The molecule has 5 heteroatoms. The molecule has 5 nitrogen and oxygen atoms in total. The van der Waals surface area contributed by atoms with Gasteiger partial charge < -0.3 is 14.8 Å². The van der Waals surface area contributed by atoms with Crippen molar-refractivity contribution in [2.45, 2.75) is 26.3 Å². The van der Waals surface area contributed by atoms with E-state index < -0.39 is 0 Å². The van der Waals surface area contributed by atoms with Gasteiger partial charge in [-0.3, -0.25) is 0 Å². The van der Waals surface area contributed by atoms with Crippen molar-refractivity contribution >= 4 is 16.7 Å². The molecule has 0 saturated carbocycles. The number of benzene rings is 3. The van der Waals surface area contributed by atoms with Crippen LogP contribution in [0.2, 0.25) is 0 Å². The molecule has 31 heavy (non-hydrogen) atoms. The van der Waals surface area contributed by atoms with Crippen molar-refractivity contribution < 1.29 is 9.47 Å². The summed E-state index contributed by atoms with van der Waals surface area (Å²) in [4.78, 5) is 9.75. The highest BCUT2D eigenvalue weighted by Gasteiger charge is 2.24. The van der Waals surface area contributed by atoms with Gasteiger partial charge in [0.2, 0.25) is 0 Å². The quantitative estimate of drug-likeness (QED) is 0.456. The summed E-state index contributed by atoms with van der Waals surface area (Å²) in [5.74, 6) is 3.29. The minimum absolute atomic E-state index is 0.125. The monoisotopic (exact) mass is 411 g/mol. The molecule has 1 aliphatic heterocycles. The minimum atomic E-state index is 0.125. The fourth-order valence-electron chi connectivity index (χ4n) is 4.10. The summed E-state index contributed by atoms with van der Waals surface area (Å²) < 4.78 is 11.4. The lowest BCUT2D eigenvalue weighted by molar-refractivity contribution is 0.272. The Morgan fingerprint density at radius 2 is 1.87 bits per heavy atom. The second kappa shape index (κ2) is 7.91. The molecule has 1 aromatic heterocycles. The van der Waals surface area contributed by atoms with Crippen molar-refractivity contribution in [1.29, 1.82) is 0 Å². The van der Waals surface area contributed by atoms with Gasteiger partial charge in [0.05, 0.1) is 25.3 Å². The Morgan fingerprint density at radius 1 is 1.00 bits per heavy atom. The number of fused-ring (bicyclic) bond motifs is 2. The fraction of sp³-hybridized carbons (Fsp3) is 0.231. The summed E-state index contributed by atoms with van der Waals surface area (Å²) in [5.41, 5.74) is 5.46. The van der Waals surface area contributed by atoms with Gasteiger partial charge in [0.1, 0.15) is 17.3 Å². The van der Waals surface area contributed by atoms with E-state index in [4.69, 9.17) is 19.4 Å². The van der Waals surface area contributed by atoms with E-state index >= 15 is 0 Å². The average molecular weight is 412 g/mol. The molecule has 0 amide bonds. The van der Waals surface area contributed by atoms with Crippen LogP contribution in [0.15, 0.2) is 60.7 Å². The van der Waals surface area contributed by atoms with Crippen molar-refractivity contribution in [2.24, 2.45) is 0 Å². The second-order valence-corrected chi connectivity index (χ2v) is 7.90. The van der Waals surface area contributed by atoms with Gasteiger partial charge in [0.15, 0.2) is 5.82 Å². The topological polar surface area (TPSA) is 56.3 Å². The summed E-state index contributed by atoms with van der Waals surface area (Å²) in [7, 11) is 1.67. The van der Waals surface area contributed by atoms with Gasteiger partial charge in [0, 0.05) is 22.9 Å². The molecule has 5 rings (SSSR count). The molecular formula is C26H25N3O2. The van der Waals surface area contributed by atoms with E-state index in [1.54, 1.807) is 7.11 Å². The SMILES string of the molecule is COc1cccc(-c2nc(N[C@H]3CCOc4c3ccc(C)c4C)c3ccccc3n2)c1. The lowest BCUT2D eigenvalue weighted by atomic mass is 9.95. The number of methoxy groups -OCH3 is 1. The molecule has 0 fully saturated rings. The van der Waals surface area contributed by atoms with E-state index in [1.807, 2.05) is 42.5 Å². The Balaban J connectivity index is 1.60. The fourth-order valence-corrected chi connectivity index (χ4v) is 4.10. The van der Waals surface area contributed by atoms with Crippen molar-refractivity contribution in [2.75, 3.05) is 19.0 Å². The molecule has 0 aliphatic carbocycles. The zero-order valence-corrected chi connectivity index (χ0v) is 18.0. The average Bonchev–Trinajstić information content (AvgIpc) is 2.81. The maximum absolute atomic E-state index is 6.02. The van der Waals surface area contributed by atoms with Gasteiger partial charge in [0.25, 0.3) is 0 Å². The first kappa shape index (κ1) is 19.4. The third-order valence-electron chi connectivity index (χ3n) is 5.98. The Labute approximate surface area is 182 Å². The lowest BCUT2D eigenvalue weighted by Gasteiger charge is -2.29. The van der Waals surface area contributed by atoms with Crippen molar-refractivity contribution in [3.05, 3.63) is 77.4 Å². The molecule has 3 aromatic carbocycles. The van der Waals surface area contributed by atoms with Crippen molar-refractivity contribution in [3.8, 4) is 22.9 Å². The molecule has 0 unspecified atom stereocenters. The van der Waals surface area contributed by atoms with Gasteiger partial charge in [-0.1, -0.05) is 36.4 Å². The van der Waals surface area contributed by atoms with Gasteiger partial charge in [-0.2, -0.15) is 0 Å². The molecule has 1 atom stereocenters. The van der Waals surface area contributed by atoms with Gasteiger partial charge in [-0.15, -0.1) is 0 Å². The Morgan fingerprint density at radius 3 is 2.74 bits per heavy atom. The standard InChI is InChI=1S/C26H25N3O2/c1-16-11-12-20-23(13-14-31-24(20)17(16)2)28-26-21-9-4-5-10-22(21)27-25(29-26)18-7-6-8-19(15-18)30-3/h4-12,15,23H,13-14H2,1-3H3,(H,27,28,29)/t23-/m0/s1. The number of ether oxygens (including phenoxy) is 2. The molecule has 0 saturated heterocycles. The minimum Gasteiger partial charge on any atom is -0.497 e. The van der Waals surface area contributed by atoms with E-state index in [9.17, 15) is 0 Å². The molecule has 2 heterocycles. The third-order valence-corrected chi connectivity index (χ3v) is 5.98. The maximum atomic E-state index is 6.02. The van der Waals surface area contributed by atoms with Gasteiger partial charge in [-0.25, -0.2) is 9.97 Å². The summed E-state index contributed by atoms with van der Waals surface area (Å²) in [6.07, 6.45) is 0.877. The summed E-state index contributed by atoms with van der Waals surface area (Å²) in [5, 5.41) is 4.71. The number of aromatic nitrogens is 2. The number of anilines is 1. The van der Waals surface area contributed by atoms with Crippen LogP contribution in [0.4, 0.5) is 5.82 Å². The van der Waals surface area contributed by atoms with Gasteiger partial charge >= 0.3 is 0 Å². The third kappa shape index (κ3) is 3.56. The van der Waals surface area contributed by atoms with Crippen LogP contribution >= 0.6 is 0 Å². The van der Waals surface area contributed by atoms with Crippen LogP contribution in [0.3, 0.4) is 0 Å². The predicted molar refractivity (Wildman–Crippen MR) is 124 cm³/mol. The molecule has 4 aromatic rings. The van der Waals surface area contributed by atoms with Crippen molar-refractivity contribution in [3.63, 3.8) is 0 Å². The number of nitrogens with one attached hydrogen (secondary N) is 1. The Kier molecular flexibility index (Phi) is 4.94. The van der Waals surface area contributed by atoms with Crippen molar-refractivity contribution in [1.82, 2.24) is 9.97 Å². The Bertz CT molecular complexity index is 1270. The van der Waals surface area contributed by atoms with Crippen LogP contribution in [0.25, 0.3) is 22.3 Å². The molecule has 0 radical (unpaired) electrons. The number of hydrogen-bond donors (Lipinski definition) is 1. The number of rotatable bonds is 4. The first-order chi connectivity index (χ1) is 15.1. The summed E-state index contributed by atoms with van der Waals surface area (Å²) in [6.45, 7) is 4.92. The molecule has 0 bridgehead atoms. The summed E-state index contributed by atoms with van der Waals surface area (Å²) in [6, 6.07) is 20.4. The second-order valence-electron chi connectivity index (χ2n) is 7.90. The first-order valence-electron chi connectivity index (χ1n) is 10.5. The highest BCUT2D eigenvalue weighted by molar-refractivity contribution is 5.90. The van der Waals surface area contributed by atoms with Gasteiger partial charge in [-0.05, 0) is 49.2 Å². The summed E-state index contributed by atoms with van der Waals surface area (Å²) >= 11 is 0. The molecule has 1 N–H and O–H groups in total. The number of para-hydroxylation sites is 1. The number of nitrogens with zero attached hydrogens (tertiary/aromatic N) is 2. The van der Waals surface area contributed by atoms with Crippen LogP contribution in [0, 0.1) is 13.8 Å². The first-order valence-corrected chi connectivity index (χ1v) is 10.5. The van der Waals surface area contributed by atoms with E-state index in [-0.39, 0.29) is 6.04 Å². The van der Waals surface area contributed by atoms with E-state index in [2.05, 4.69) is 37.4 Å². The predicted octanol–water partition coefficient (Wildman–Crippen LogP) is 5.86. The van der Waals surface area contributed by atoms with Crippen LogP contribution in [-0.2, 0) is 0 Å². The number of hydrogen-bond acceptors (Lipinski definition) is 5. The maximum Gasteiger partial charge on any atom is 0.162 e. The number of aryl methyl sites for hydroxylation is 1. The normalized spacial score (nSPS) is 15.3. The zero-order valence-electron chi connectivity index (χ0n) is 18.0. The lowest BCUT2D eigenvalue weighted by Crippen LogP contribution is -2.22. The van der Waals surface area contributed by atoms with E-state index in [1.165, 1.54) is 16.7 Å². The largest absolute Gasteiger partial charge is 0.497 e. The Hall–Kier alpha value is -3.60. The van der Waals surface area contributed by atoms with Crippen LogP contribution < -0.4 is 14.8 Å². The van der Waals surface area contributed by atoms with Crippen LogP contribution in [0.5, 0.6) is 11.5 Å². The smallest absolute Gasteiger partial charge is 0.162 e. The molecule has 156 valence electrons. The molecule has 1 aliphatic rings.